The molecule has 7 aromatic carbocycles. The van der Waals surface area contributed by atoms with Crippen LogP contribution in [0.2, 0.25) is 0 Å². The molecule has 258 valence electrons. The van der Waals surface area contributed by atoms with Crippen LogP contribution in [-0.2, 0) is 0 Å². The second kappa shape index (κ2) is 14.3. The van der Waals surface area contributed by atoms with E-state index in [1.54, 1.807) is 34.8 Å². The molecule has 4 nitrogen and oxygen atoms in total. The van der Waals surface area contributed by atoms with E-state index in [0.717, 1.165) is 54.3 Å². The number of rotatable bonds is 6. The molecule has 0 aliphatic heterocycles. The zero-order valence-electron chi connectivity index (χ0n) is 29.6. The predicted octanol–water partition coefficient (Wildman–Crippen LogP) is 15.0. The van der Waals surface area contributed by atoms with Gasteiger partial charge < -0.3 is 0 Å². The normalized spacial score (nSPS) is 10.8. The fourth-order valence-electron chi connectivity index (χ4n) is 7.35. The lowest BCUT2D eigenvalue weighted by atomic mass is 9.93. The van der Waals surface area contributed by atoms with Crippen molar-refractivity contribution in [3.63, 3.8) is 0 Å². The van der Waals surface area contributed by atoms with E-state index < -0.39 is 0 Å². The minimum absolute atomic E-state index is 0.444. The molecule has 0 aliphatic rings. The molecule has 0 N–H and O–H groups in total. The van der Waals surface area contributed by atoms with E-state index in [-0.39, 0.29) is 0 Å². The van der Waals surface area contributed by atoms with E-state index in [1.165, 1.54) is 31.3 Å². The highest BCUT2D eigenvalue weighted by atomic mass is 32.1. The van der Waals surface area contributed by atoms with Gasteiger partial charge in [-0.1, -0.05) is 97.1 Å². The Morgan fingerprint density at radius 1 is 0.393 bits per heavy atom. The topological polar surface area (TPSA) is 56.3 Å². The minimum Gasteiger partial charge on any atom is -0.238 e. The molecule has 56 heavy (non-hydrogen) atoms. The number of thiophene rings is 2. The van der Waals surface area contributed by atoms with Crippen LogP contribution in [-0.4, -0.2) is 0 Å². The van der Waals surface area contributed by atoms with E-state index in [1.807, 2.05) is 60.7 Å². The van der Waals surface area contributed by atoms with Crippen LogP contribution in [0.3, 0.4) is 0 Å². The highest BCUT2D eigenvalue weighted by Gasteiger charge is 2.23. The molecule has 6 heteroatoms. The lowest BCUT2D eigenvalue weighted by molar-refractivity contribution is 1.48. The summed E-state index contributed by atoms with van der Waals surface area (Å²) in [6.45, 7) is 15.2. The van der Waals surface area contributed by atoms with Crippen molar-refractivity contribution in [3.05, 3.63) is 192 Å². The number of hydrogen-bond acceptors (Lipinski definition) is 4. The molecule has 0 radical (unpaired) electrons. The van der Waals surface area contributed by atoms with Crippen molar-refractivity contribution in [2.24, 2.45) is 0 Å². The van der Waals surface area contributed by atoms with Gasteiger partial charge in [0.1, 0.15) is 0 Å². The van der Waals surface area contributed by atoms with E-state index in [0.29, 0.717) is 22.5 Å². The molecule has 0 fully saturated rings. The van der Waals surface area contributed by atoms with E-state index in [9.17, 15) is 10.5 Å². The van der Waals surface area contributed by atoms with Crippen LogP contribution < -0.4 is 0 Å². The molecule has 9 aromatic rings. The van der Waals surface area contributed by atoms with Crippen LogP contribution in [0, 0.1) is 35.8 Å². The van der Waals surface area contributed by atoms with Gasteiger partial charge >= 0.3 is 0 Å². The second-order valence-electron chi connectivity index (χ2n) is 13.3. The molecule has 2 aromatic heterocycles. The van der Waals surface area contributed by atoms with Crippen molar-refractivity contribution < 1.29 is 0 Å². The Bertz CT molecular complexity index is 2850. The number of hydrogen-bond donors (Lipinski definition) is 0. The van der Waals surface area contributed by atoms with Crippen molar-refractivity contribution in [2.75, 3.05) is 0 Å². The summed E-state index contributed by atoms with van der Waals surface area (Å²) in [6.07, 6.45) is 0. The van der Waals surface area contributed by atoms with Crippen molar-refractivity contribution in [1.82, 2.24) is 0 Å². The van der Waals surface area contributed by atoms with Crippen LogP contribution >= 0.6 is 22.7 Å². The summed E-state index contributed by atoms with van der Waals surface area (Å²) in [4.78, 5) is 9.48. The molecule has 0 unspecified atom stereocenters. The zero-order chi connectivity index (χ0) is 38.2. The molecule has 0 atom stereocenters. The van der Waals surface area contributed by atoms with Gasteiger partial charge in [-0.15, -0.1) is 22.7 Å². The molecule has 0 aliphatic carbocycles. The summed E-state index contributed by atoms with van der Waals surface area (Å²) in [5, 5.41) is 21.7. The Morgan fingerprint density at radius 3 is 1.18 bits per heavy atom. The Labute approximate surface area is 332 Å². The van der Waals surface area contributed by atoms with Gasteiger partial charge in [0, 0.05) is 52.2 Å². The largest absolute Gasteiger partial charge is 0.238 e. The van der Waals surface area contributed by atoms with Crippen molar-refractivity contribution in [3.8, 4) is 77.5 Å². The first-order valence-corrected chi connectivity index (χ1v) is 19.4. The maximum Gasteiger partial charge on any atom is 0.189 e. The summed E-state index contributed by atoms with van der Waals surface area (Å²) in [5.41, 5.74) is 12.2. The highest BCUT2D eigenvalue weighted by molar-refractivity contribution is 7.25. The van der Waals surface area contributed by atoms with E-state index in [4.69, 9.17) is 13.1 Å². The van der Waals surface area contributed by atoms with Crippen LogP contribution in [0.15, 0.2) is 158 Å². The molecule has 0 bridgehead atoms. The SMILES string of the molecule is [C-]#[N+]c1cc(C#N)cc(-c2cccc(-c3cc4c(-c5ccccc5)c5sc(-c6cccc(-c7cc(C#N)cc([N+]#[C-])c7)c6)cc5c(-c5ccccc5)c4s3)c2)c1. The molecule has 9 rings (SSSR count). The van der Waals surface area contributed by atoms with Crippen molar-refractivity contribution in [2.45, 2.75) is 0 Å². The summed E-state index contributed by atoms with van der Waals surface area (Å²) in [7, 11) is 0. The van der Waals surface area contributed by atoms with Crippen LogP contribution in [0.4, 0.5) is 11.4 Å². The Hall–Kier alpha value is -7.58. The second-order valence-corrected chi connectivity index (χ2v) is 15.4. The smallest absolute Gasteiger partial charge is 0.189 e. The van der Waals surface area contributed by atoms with Gasteiger partial charge in [-0.2, -0.15) is 10.5 Å². The monoisotopic (exact) mass is 746 g/mol. The first kappa shape index (κ1) is 34.2. The van der Waals surface area contributed by atoms with Gasteiger partial charge in [-0.05, 0) is 105 Å². The quantitative estimate of drug-likeness (QED) is 0.159. The molecule has 0 saturated carbocycles. The van der Waals surface area contributed by atoms with Gasteiger partial charge in [-0.3, -0.25) is 0 Å². The Balaban J connectivity index is 1.28. The molecular weight excluding hydrogens is 721 g/mol. The summed E-state index contributed by atoms with van der Waals surface area (Å²) in [5.74, 6) is 0. The number of nitrogens with zero attached hydrogens (tertiary/aromatic N) is 4. The van der Waals surface area contributed by atoms with Crippen LogP contribution in [0.1, 0.15) is 11.1 Å². The van der Waals surface area contributed by atoms with E-state index >= 15 is 0 Å². The molecule has 2 heterocycles. The maximum absolute atomic E-state index is 9.65. The first-order chi connectivity index (χ1) is 27.5. The van der Waals surface area contributed by atoms with E-state index in [2.05, 4.69) is 107 Å². The maximum atomic E-state index is 9.65. The molecule has 0 spiro atoms. The molecule has 0 saturated heterocycles. The van der Waals surface area contributed by atoms with Gasteiger partial charge in [0.05, 0.1) is 25.3 Å². The lowest BCUT2D eigenvalue weighted by Gasteiger charge is -2.12. The van der Waals surface area contributed by atoms with Gasteiger partial charge in [0.25, 0.3) is 0 Å². The zero-order valence-corrected chi connectivity index (χ0v) is 31.2. The fraction of sp³-hybridized carbons (Fsp3) is 0. The van der Waals surface area contributed by atoms with Gasteiger partial charge in [0.15, 0.2) is 11.4 Å². The summed E-state index contributed by atoms with van der Waals surface area (Å²) < 4.78 is 2.39. The molecular formula is C50H26N4S2. The number of nitriles is 2. The van der Waals surface area contributed by atoms with Crippen molar-refractivity contribution >= 4 is 54.2 Å². The fourth-order valence-corrected chi connectivity index (χ4v) is 9.84. The highest BCUT2D eigenvalue weighted by Crippen LogP contribution is 2.52. The van der Waals surface area contributed by atoms with Crippen molar-refractivity contribution in [1.29, 1.82) is 10.5 Å². The Kier molecular flexibility index (Phi) is 8.76. The third kappa shape index (κ3) is 6.19. The summed E-state index contributed by atoms with van der Waals surface area (Å²) >= 11 is 3.56. The predicted molar refractivity (Wildman–Crippen MR) is 232 cm³/mol. The standard InChI is InChI=1S/C50H26N4S2/c1-53-41-21-31(29-51)19-39(25-41)35-15-9-17-37(23-35)45-27-43-47(33-11-5-3-6-12-33)50-44(48(49(43)55-45)34-13-7-4-8-14-34)28-46(56-50)38-18-10-16-36(24-38)40-20-32(30-52)22-42(26-40)54-2/h3-28H. The lowest BCUT2D eigenvalue weighted by Crippen LogP contribution is -1.85. The third-order valence-electron chi connectivity index (χ3n) is 9.89. The number of fused-ring (bicyclic) bond motifs is 2. The average Bonchev–Trinajstić information content (AvgIpc) is 3.91. The molecule has 0 amide bonds. The van der Waals surface area contributed by atoms with Gasteiger partial charge in [-0.25, -0.2) is 9.69 Å². The van der Waals surface area contributed by atoms with Crippen LogP contribution in [0.5, 0.6) is 0 Å². The first-order valence-electron chi connectivity index (χ1n) is 17.7. The number of benzene rings is 7. The van der Waals surface area contributed by atoms with Gasteiger partial charge in [0.2, 0.25) is 0 Å². The Morgan fingerprint density at radius 2 is 0.786 bits per heavy atom. The van der Waals surface area contributed by atoms with Crippen LogP contribution in [0.25, 0.3) is 95.3 Å². The minimum atomic E-state index is 0.444. The average molecular weight is 747 g/mol. The summed E-state index contributed by atoms with van der Waals surface area (Å²) in [6, 6.07) is 57.6. The third-order valence-corrected chi connectivity index (χ3v) is 12.3.